The Balaban J connectivity index is 1.49. The number of rotatable bonds is 5. The third-order valence-corrected chi connectivity index (χ3v) is 6.44. The smallest absolute Gasteiger partial charge is 0.247 e. The molecule has 0 aliphatic carbocycles. The number of hydrogen-bond acceptors (Lipinski definition) is 4. The zero-order valence-electron chi connectivity index (χ0n) is 16.2. The molecule has 1 aromatic heterocycles. The molecule has 1 aliphatic heterocycles. The monoisotopic (exact) mass is 437 g/mol. The molecule has 152 valence electrons. The molecular weight excluding hydrogens is 418 g/mol. The SMILES string of the molecule is C=CC(=O)Nc1ccccc1CC(=O)N1CCc2nc(-c3ccccc3Cl)sc2C1. The van der Waals surface area contributed by atoms with Gasteiger partial charge in [-0.3, -0.25) is 9.59 Å². The quantitative estimate of drug-likeness (QED) is 0.587. The summed E-state index contributed by atoms with van der Waals surface area (Å²) >= 11 is 7.91. The van der Waals surface area contributed by atoms with Gasteiger partial charge in [-0.15, -0.1) is 11.3 Å². The number of para-hydroxylation sites is 1. The van der Waals surface area contributed by atoms with Crippen molar-refractivity contribution in [2.45, 2.75) is 19.4 Å². The Morgan fingerprint density at radius 1 is 1.20 bits per heavy atom. The van der Waals surface area contributed by atoms with E-state index in [0.717, 1.165) is 33.1 Å². The summed E-state index contributed by atoms with van der Waals surface area (Å²) in [4.78, 5) is 32.3. The number of aromatic nitrogens is 1. The molecule has 5 nitrogen and oxygen atoms in total. The lowest BCUT2D eigenvalue weighted by atomic mass is 10.1. The number of amides is 2. The molecule has 1 N–H and O–H groups in total. The number of carbonyl (C=O) groups is 2. The second-order valence-electron chi connectivity index (χ2n) is 6.96. The van der Waals surface area contributed by atoms with Gasteiger partial charge in [-0.1, -0.05) is 54.6 Å². The molecule has 0 unspecified atom stereocenters. The van der Waals surface area contributed by atoms with Crippen LogP contribution in [0.25, 0.3) is 10.6 Å². The van der Waals surface area contributed by atoms with Crippen LogP contribution < -0.4 is 5.32 Å². The first-order chi connectivity index (χ1) is 14.5. The van der Waals surface area contributed by atoms with Gasteiger partial charge in [0.05, 0.1) is 23.7 Å². The topological polar surface area (TPSA) is 62.3 Å². The summed E-state index contributed by atoms with van der Waals surface area (Å²) in [6.07, 6.45) is 2.15. The van der Waals surface area contributed by atoms with Gasteiger partial charge in [-0.05, 0) is 23.8 Å². The minimum atomic E-state index is -0.297. The van der Waals surface area contributed by atoms with Crippen molar-refractivity contribution in [3.05, 3.63) is 82.3 Å². The van der Waals surface area contributed by atoms with Crippen molar-refractivity contribution in [3.63, 3.8) is 0 Å². The fourth-order valence-corrected chi connectivity index (χ4v) is 4.86. The normalized spacial score (nSPS) is 12.9. The predicted molar refractivity (Wildman–Crippen MR) is 121 cm³/mol. The molecule has 2 aromatic carbocycles. The minimum Gasteiger partial charge on any atom is -0.337 e. The first-order valence-electron chi connectivity index (χ1n) is 9.57. The molecule has 2 heterocycles. The Kier molecular flexibility index (Phi) is 5.97. The molecule has 0 bridgehead atoms. The molecule has 0 spiro atoms. The Morgan fingerprint density at radius 2 is 1.97 bits per heavy atom. The van der Waals surface area contributed by atoms with E-state index in [0.29, 0.717) is 23.8 Å². The number of benzene rings is 2. The van der Waals surface area contributed by atoms with Gasteiger partial charge in [-0.25, -0.2) is 4.98 Å². The maximum absolute atomic E-state index is 13.0. The molecule has 2 amide bonds. The van der Waals surface area contributed by atoms with Crippen LogP contribution in [0.3, 0.4) is 0 Å². The van der Waals surface area contributed by atoms with Gasteiger partial charge >= 0.3 is 0 Å². The highest BCUT2D eigenvalue weighted by Crippen LogP contribution is 2.35. The molecule has 0 atom stereocenters. The van der Waals surface area contributed by atoms with Crippen molar-refractivity contribution in [1.82, 2.24) is 9.88 Å². The molecule has 0 radical (unpaired) electrons. The van der Waals surface area contributed by atoms with Crippen LogP contribution in [-0.4, -0.2) is 28.2 Å². The molecule has 0 fully saturated rings. The van der Waals surface area contributed by atoms with Gasteiger partial charge in [0.2, 0.25) is 11.8 Å². The maximum Gasteiger partial charge on any atom is 0.247 e. The molecule has 3 aromatic rings. The summed E-state index contributed by atoms with van der Waals surface area (Å²) in [5.41, 5.74) is 3.37. The largest absolute Gasteiger partial charge is 0.337 e. The van der Waals surface area contributed by atoms with Crippen molar-refractivity contribution in [2.75, 3.05) is 11.9 Å². The fraction of sp³-hybridized carbons (Fsp3) is 0.174. The second-order valence-corrected chi connectivity index (χ2v) is 8.45. The Morgan fingerprint density at radius 3 is 2.77 bits per heavy atom. The van der Waals surface area contributed by atoms with Crippen molar-refractivity contribution < 1.29 is 9.59 Å². The van der Waals surface area contributed by atoms with Crippen molar-refractivity contribution in [3.8, 4) is 10.6 Å². The minimum absolute atomic E-state index is 0.0219. The lowest BCUT2D eigenvalue weighted by Crippen LogP contribution is -2.36. The van der Waals surface area contributed by atoms with Crippen LogP contribution in [0.15, 0.2) is 61.2 Å². The van der Waals surface area contributed by atoms with Gasteiger partial charge in [0.1, 0.15) is 5.01 Å². The molecule has 0 saturated carbocycles. The first-order valence-corrected chi connectivity index (χ1v) is 10.8. The summed E-state index contributed by atoms with van der Waals surface area (Å²) in [5.74, 6) is -0.275. The van der Waals surface area contributed by atoms with Crippen LogP contribution in [-0.2, 0) is 29.0 Å². The van der Waals surface area contributed by atoms with Gasteiger partial charge in [0.15, 0.2) is 0 Å². The number of thiazole rings is 1. The average molecular weight is 438 g/mol. The average Bonchev–Trinajstić information content (AvgIpc) is 3.18. The standard InChI is InChI=1S/C23H20ClN3O2S/c1-2-21(28)25-18-10-6-3-7-15(18)13-22(29)27-12-11-19-20(14-27)30-23(26-19)16-8-4-5-9-17(16)24/h2-10H,1,11-14H2,(H,25,28). The van der Waals surface area contributed by atoms with Crippen LogP contribution >= 0.6 is 22.9 Å². The lowest BCUT2D eigenvalue weighted by molar-refractivity contribution is -0.131. The fourth-order valence-electron chi connectivity index (χ4n) is 3.41. The first kappa shape index (κ1) is 20.3. The predicted octanol–water partition coefficient (Wildman–Crippen LogP) is 4.72. The van der Waals surface area contributed by atoms with E-state index in [1.165, 1.54) is 6.08 Å². The summed E-state index contributed by atoms with van der Waals surface area (Å²) in [7, 11) is 0. The number of nitrogens with one attached hydrogen (secondary N) is 1. The number of fused-ring (bicyclic) bond motifs is 1. The van der Waals surface area contributed by atoms with E-state index >= 15 is 0 Å². The highest BCUT2D eigenvalue weighted by Gasteiger charge is 2.25. The van der Waals surface area contributed by atoms with Gasteiger partial charge in [0, 0.05) is 29.1 Å². The Labute approximate surface area is 184 Å². The van der Waals surface area contributed by atoms with Gasteiger partial charge in [0.25, 0.3) is 0 Å². The molecule has 30 heavy (non-hydrogen) atoms. The van der Waals surface area contributed by atoms with Gasteiger partial charge < -0.3 is 10.2 Å². The lowest BCUT2D eigenvalue weighted by Gasteiger charge is -2.26. The third kappa shape index (κ3) is 4.30. The number of halogens is 1. The summed E-state index contributed by atoms with van der Waals surface area (Å²) < 4.78 is 0. The Hall–Kier alpha value is -2.96. The third-order valence-electron chi connectivity index (χ3n) is 4.99. The van der Waals surface area contributed by atoms with Crippen LogP contribution in [0, 0.1) is 0 Å². The van der Waals surface area contributed by atoms with E-state index in [1.807, 2.05) is 47.4 Å². The number of hydrogen-bond donors (Lipinski definition) is 1. The summed E-state index contributed by atoms with van der Waals surface area (Å²) in [5, 5.41) is 4.32. The van der Waals surface area contributed by atoms with Crippen LogP contribution in [0.2, 0.25) is 5.02 Å². The van der Waals surface area contributed by atoms with Crippen LogP contribution in [0.4, 0.5) is 5.69 Å². The number of nitrogens with zero attached hydrogens (tertiary/aromatic N) is 2. The van der Waals surface area contributed by atoms with E-state index in [-0.39, 0.29) is 18.2 Å². The highest BCUT2D eigenvalue weighted by atomic mass is 35.5. The van der Waals surface area contributed by atoms with E-state index in [4.69, 9.17) is 16.6 Å². The maximum atomic E-state index is 13.0. The second kappa shape index (κ2) is 8.81. The number of anilines is 1. The van der Waals surface area contributed by atoms with Crippen LogP contribution in [0.1, 0.15) is 16.1 Å². The molecule has 0 saturated heterocycles. The van der Waals surface area contributed by atoms with Crippen molar-refractivity contribution in [2.24, 2.45) is 0 Å². The van der Waals surface area contributed by atoms with Gasteiger partial charge in [-0.2, -0.15) is 0 Å². The van der Waals surface area contributed by atoms with E-state index in [2.05, 4.69) is 11.9 Å². The van der Waals surface area contributed by atoms with E-state index in [1.54, 1.807) is 17.4 Å². The van der Waals surface area contributed by atoms with Crippen LogP contribution in [0.5, 0.6) is 0 Å². The van der Waals surface area contributed by atoms with E-state index in [9.17, 15) is 9.59 Å². The Bertz CT molecular complexity index is 1130. The molecule has 4 rings (SSSR count). The summed E-state index contributed by atoms with van der Waals surface area (Å²) in [6, 6.07) is 15.0. The summed E-state index contributed by atoms with van der Waals surface area (Å²) in [6.45, 7) is 4.63. The number of carbonyl (C=O) groups excluding carboxylic acids is 2. The highest BCUT2D eigenvalue weighted by molar-refractivity contribution is 7.15. The molecule has 7 heteroatoms. The zero-order chi connectivity index (χ0) is 21.1. The van der Waals surface area contributed by atoms with Crippen molar-refractivity contribution in [1.29, 1.82) is 0 Å². The van der Waals surface area contributed by atoms with E-state index < -0.39 is 0 Å². The molecular formula is C23H20ClN3O2S. The van der Waals surface area contributed by atoms with Crippen molar-refractivity contribution >= 4 is 40.4 Å². The zero-order valence-corrected chi connectivity index (χ0v) is 17.8. The molecule has 1 aliphatic rings.